The van der Waals surface area contributed by atoms with Crippen molar-refractivity contribution >= 4 is 23.8 Å². The minimum Gasteiger partial charge on any atom is -0.450 e. The van der Waals surface area contributed by atoms with Gasteiger partial charge in [-0.05, 0) is 57.1 Å². The van der Waals surface area contributed by atoms with E-state index in [1.54, 1.807) is 26.8 Å². The summed E-state index contributed by atoms with van der Waals surface area (Å²) >= 11 is 0. The molecule has 3 fully saturated rings. The summed E-state index contributed by atoms with van der Waals surface area (Å²) in [4.78, 5) is 49.8. The number of carbonyl (C=O) groups excluding carboxylic acids is 4. The highest BCUT2D eigenvalue weighted by atomic mass is 19.1. The van der Waals surface area contributed by atoms with Crippen LogP contribution in [0.25, 0.3) is 0 Å². The van der Waals surface area contributed by atoms with Crippen molar-refractivity contribution in [2.24, 2.45) is 28.6 Å². The van der Waals surface area contributed by atoms with E-state index in [2.05, 4.69) is 0 Å². The number of ether oxygens (including phenoxy) is 1. The van der Waals surface area contributed by atoms with Gasteiger partial charge in [0.1, 0.15) is 0 Å². The van der Waals surface area contributed by atoms with E-state index in [9.17, 15) is 24.3 Å². The van der Waals surface area contributed by atoms with Gasteiger partial charge in [-0.1, -0.05) is 38.8 Å². The van der Waals surface area contributed by atoms with Crippen molar-refractivity contribution in [2.75, 3.05) is 0 Å². The van der Waals surface area contributed by atoms with Gasteiger partial charge < -0.3 is 9.84 Å². The molecule has 0 aromatic heterocycles. The van der Waals surface area contributed by atoms with Crippen LogP contribution in [0.15, 0.2) is 23.8 Å². The van der Waals surface area contributed by atoms with Crippen LogP contribution < -0.4 is 0 Å². The molecule has 0 aliphatic heterocycles. The highest BCUT2D eigenvalue weighted by molar-refractivity contribution is 6.29. The summed E-state index contributed by atoms with van der Waals surface area (Å²) in [6.45, 7) is 7.21. The molecule has 7 heteroatoms. The third-order valence-electron chi connectivity index (χ3n) is 9.66. The zero-order chi connectivity index (χ0) is 25.1. The molecule has 0 saturated heterocycles. The summed E-state index contributed by atoms with van der Waals surface area (Å²) in [7, 11) is 0. The fourth-order valence-corrected chi connectivity index (χ4v) is 7.96. The number of fused-ring (bicyclic) bond motifs is 5. The van der Waals surface area contributed by atoms with Crippen LogP contribution in [0.2, 0.25) is 0 Å². The van der Waals surface area contributed by atoms with Crippen molar-refractivity contribution in [2.45, 2.75) is 90.0 Å². The molecule has 0 spiro atoms. The molecule has 0 aromatic rings. The minimum absolute atomic E-state index is 0.125. The number of hydrogen-bond donors (Lipinski definition) is 1. The normalized spacial score (nSPS) is 45.0. The maximum atomic E-state index is 17.2. The number of esters is 1. The Morgan fingerprint density at radius 3 is 2.65 bits per heavy atom. The Morgan fingerprint density at radius 1 is 1.29 bits per heavy atom. The Hall–Kier alpha value is -2.15. The molecule has 186 valence electrons. The van der Waals surface area contributed by atoms with Gasteiger partial charge >= 0.3 is 5.97 Å². The molecule has 8 atom stereocenters. The summed E-state index contributed by atoms with van der Waals surface area (Å²) in [6.07, 6.45) is 5.83. The van der Waals surface area contributed by atoms with Crippen LogP contribution >= 0.6 is 0 Å². The monoisotopic (exact) mass is 474 g/mol. The third-order valence-corrected chi connectivity index (χ3v) is 9.66. The first-order chi connectivity index (χ1) is 15.9. The van der Waals surface area contributed by atoms with Crippen LogP contribution in [0.1, 0.15) is 72.6 Å². The zero-order valence-corrected chi connectivity index (χ0v) is 20.4. The van der Waals surface area contributed by atoms with E-state index in [0.29, 0.717) is 31.3 Å². The van der Waals surface area contributed by atoms with E-state index < -0.39 is 51.8 Å². The number of unbranched alkanes of at least 4 members (excludes halogenated alkanes) is 1. The number of carbonyl (C=O) groups is 4. The summed E-state index contributed by atoms with van der Waals surface area (Å²) < 4.78 is 23.2. The largest absolute Gasteiger partial charge is 0.450 e. The van der Waals surface area contributed by atoms with Gasteiger partial charge in [0.15, 0.2) is 23.3 Å². The molecule has 34 heavy (non-hydrogen) atoms. The lowest BCUT2D eigenvalue weighted by Gasteiger charge is -2.62. The first-order valence-electron chi connectivity index (χ1n) is 12.4. The van der Waals surface area contributed by atoms with E-state index >= 15 is 4.39 Å². The Morgan fingerprint density at radius 2 is 2.00 bits per heavy atom. The van der Waals surface area contributed by atoms with Gasteiger partial charge in [0, 0.05) is 29.1 Å². The molecule has 0 aromatic carbocycles. The molecule has 0 bridgehead atoms. The van der Waals surface area contributed by atoms with Gasteiger partial charge in [0.2, 0.25) is 5.78 Å². The van der Waals surface area contributed by atoms with Gasteiger partial charge in [0.05, 0.1) is 6.10 Å². The summed E-state index contributed by atoms with van der Waals surface area (Å²) in [5, 5.41) is 11.4. The molecule has 4 aliphatic rings. The van der Waals surface area contributed by atoms with Crippen LogP contribution in [-0.2, 0) is 23.9 Å². The fourth-order valence-electron chi connectivity index (χ4n) is 7.96. The second kappa shape index (κ2) is 8.21. The third kappa shape index (κ3) is 3.01. The molecule has 0 amide bonds. The summed E-state index contributed by atoms with van der Waals surface area (Å²) in [6, 6.07) is 0. The van der Waals surface area contributed by atoms with Gasteiger partial charge in [-0.3, -0.25) is 19.2 Å². The Kier molecular flexibility index (Phi) is 6.03. The summed E-state index contributed by atoms with van der Waals surface area (Å²) in [5.74, 6) is -3.07. The lowest BCUT2D eigenvalue weighted by Crippen LogP contribution is -2.70. The molecule has 6 nitrogen and oxygen atoms in total. The first-order valence-corrected chi connectivity index (χ1v) is 12.4. The number of Topliss-reactive ketones (excluding diaryl/α,β-unsaturated/α-hetero) is 1. The van der Waals surface area contributed by atoms with Crippen molar-refractivity contribution in [3.63, 3.8) is 0 Å². The van der Waals surface area contributed by atoms with E-state index in [-0.39, 0.29) is 30.8 Å². The van der Waals surface area contributed by atoms with Crippen molar-refractivity contribution in [1.29, 1.82) is 0 Å². The van der Waals surface area contributed by atoms with Crippen LogP contribution in [0.3, 0.4) is 0 Å². The van der Waals surface area contributed by atoms with Gasteiger partial charge in [-0.15, -0.1) is 0 Å². The predicted molar refractivity (Wildman–Crippen MR) is 122 cm³/mol. The molecule has 3 saturated carbocycles. The maximum Gasteiger partial charge on any atom is 0.306 e. The molecular weight excluding hydrogens is 439 g/mol. The SMILES string of the molecule is CCCCC(=O)O[C@]1(C(=O)C=O)[C@@H](C)C[C@H]2[C@@H]3CCC4=CC(=O)C=C[C@]4(C)[C@@]3(F)[C@@H](O)C[C@@]21C. The van der Waals surface area contributed by atoms with E-state index in [4.69, 9.17) is 4.74 Å². The van der Waals surface area contributed by atoms with Crippen LogP contribution in [-0.4, -0.2) is 46.3 Å². The average Bonchev–Trinajstić information content (AvgIpc) is 3.00. The van der Waals surface area contributed by atoms with Crippen molar-refractivity contribution in [3.05, 3.63) is 23.8 Å². The number of rotatable bonds is 6. The van der Waals surface area contributed by atoms with E-state index in [0.717, 1.165) is 6.42 Å². The predicted octanol–water partition coefficient (Wildman–Crippen LogP) is 3.84. The quantitative estimate of drug-likeness (QED) is 0.357. The zero-order valence-electron chi connectivity index (χ0n) is 20.4. The molecule has 0 heterocycles. The van der Waals surface area contributed by atoms with Crippen LogP contribution in [0, 0.1) is 28.6 Å². The molecule has 0 radical (unpaired) electrons. The Balaban J connectivity index is 1.81. The Labute approximate surface area is 200 Å². The number of halogens is 1. The second-order valence-electron chi connectivity index (χ2n) is 11.2. The van der Waals surface area contributed by atoms with Gasteiger partial charge in [0.25, 0.3) is 0 Å². The minimum atomic E-state index is -2.05. The number of ketones is 2. The lowest BCUT2D eigenvalue weighted by atomic mass is 9.44. The highest BCUT2D eigenvalue weighted by Gasteiger charge is 2.77. The van der Waals surface area contributed by atoms with E-state index in [1.165, 1.54) is 12.2 Å². The number of allylic oxidation sites excluding steroid dienone is 4. The number of aliphatic hydroxyl groups is 1. The average molecular weight is 475 g/mol. The van der Waals surface area contributed by atoms with Crippen LogP contribution in [0.4, 0.5) is 4.39 Å². The smallest absolute Gasteiger partial charge is 0.306 e. The fraction of sp³-hybridized carbons (Fsp3) is 0.704. The summed E-state index contributed by atoms with van der Waals surface area (Å²) in [5.41, 5.74) is -5.36. The topological polar surface area (TPSA) is 97.7 Å². The molecule has 1 N–H and O–H groups in total. The Bertz CT molecular complexity index is 986. The molecule has 4 aliphatic carbocycles. The van der Waals surface area contributed by atoms with Crippen LogP contribution in [0.5, 0.6) is 0 Å². The maximum absolute atomic E-state index is 17.2. The van der Waals surface area contributed by atoms with Crippen molar-refractivity contribution < 1.29 is 33.4 Å². The molecule has 0 unspecified atom stereocenters. The number of aliphatic hydroxyl groups excluding tert-OH is 1. The number of hydrogen-bond acceptors (Lipinski definition) is 6. The number of aldehydes is 1. The van der Waals surface area contributed by atoms with Gasteiger partial charge in [-0.25, -0.2) is 4.39 Å². The molecule has 4 rings (SSSR count). The highest BCUT2D eigenvalue weighted by Crippen LogP contribution is 2.71. The standard InChI is InChI=1S/C27H35FO6/c1-5-6-7-23(33)34-27(22(32)15-29)16(2)12-20-19-9-8-17-13-18(30)10-11-24(17,3)26(19,28)21(31)14-25(20,27)4/h10-11,13,15-16,19-21,31H,5-9,12,14H2,1-4H3/t16-,19-,20-,21-,24-,25-,26-,27-/m0/s1. The lowest BCUT2D eigenvalue weighted by molar-refractivity contribution is -0.226. The number of alkyl halides is 1. The first kappa shape index (κ1) is 25.0. The van der Waals surface area contributed by atoms with Gasteiger partial charge in [-0.2, -0.15) is 0 Å². The second-order valence-corrected chi connectivity index (χ2v) is 11.2. The van der Waals surface area contributed by atoms with Crippen molar-refractivity contribution in [1.82, 2.24) is 0 Å². The van der Waals surface area contributed by atoms with Crippen molar-refractivity contribution in [3.8, 4) is 0 Å². The molecular formula is C27H35FO6. The van der Waals surface area contributed by atoms with E-state index in [1.807, 2.05) is 6.92 Å².